The van der Waals surface area contributed by atoms with Gasteiger partial charge in [-0.3, -0.25) is 4.18 Å². The summed E-state index contributed by atoms with van der Waals surface area (Å²) in [4.78, 5) is 8.96. The van der Waals surface area contributed by atoms with E-state index in [2.05, 4.69) is 23.1 Å². The van der Waals surface area contributed by atoms with Crippen molar-refractivity contribution in [3.8, 4) is 5.75 Å². The number of rotatable bonds is 22. The molecule has 2 aliphatic rings. The molecule has 0 aromatic heterocycles. The zero-order valence-corrected chi connectivity index (χ0v) is 36.8. The Bertz CT molecular complexity index is 2190. The average molecular weight is 868 g/mol. The Morgan fingerprint density at radius 1 is 0.733 bits per heavy atom. The van der Waals surface area contributed by atoms with E-state index in [4.69, 9.17) is 32.7 Å². The second kappa shape index (κ2) is 21.3. The van der Waals surface area contributed by atoms with Crippen LogP contribution in [0.5, 0.6) is 5.75 Å². The number of hydroxylamine groups is 2. The summed E-state index contributed by atoms with van der Waals surface area (Å²) in [6, 6.07) is 27.4. The normalized spacial score (nSPS) is 19.5. The molecule has 3 atom stereocenters. The van der Waals surface area contributed by atoms with Crippen molar-refractivity contribution in [2.75, 3.05) is 84.9 Å². The van der Waals surface area contributed by atoms with Gasteiger partial charge >= 0.3 is 10.0 Å². The van der Waals surface area contributed by atoms with Crippen molar-refractivity contribution < 1.29 is 53.6 Å². The minimum Gasteiger partial charge on any atom is -0.490 e. The molecule has 60 heavy (non-hydrogen) atoms. The fourth-order valence-corrected chi connectivity index (χ4v) is 10.2. The minimum atomic E-state index is -4.16. The number of methoxy groups -OCH3 is 2. The molecule has 0 radical (unpaired) electrons. The highest BCUT2D eigenvalue weighted by Gasteiger charge is 2.53. The van der Waals surface area contributed by atoms with Crippen LogP contribution in [0.25, 0.3) is 0 Å². The summed E-state index contributed by atoms with van der Waals surface area (Å²) < 4.78 is 89.0. The molecule has 15 heteroatoms. The van der Waals surface area contributed by atoms with Gasteiger partial charge in [0, 0.05) is 46.1 Å². The molecular weight excluding hydrogens is 809 g/mol. The molecule has 4 aromatic carbocycles. The second-order valence-corrected chi connectivity index (χ2v) is 19.0. The van der Waals surface area contributed by atoms with Gasteiger partial charge in [-0.2, -0.15) is 21.7 Å². The molecule has 2 aliphatic heterocycles. The van der Waals surface area contributed by atoms with Crippen LogP contribution in [-0.4, -0.2) is 107 Å². The zero-order chi connectivity index (χ0) is 42.6. The highest BCUT2D eigenvalue weighted by Crippen LogP contribution is 2.40. The Hall–Kier alpha value is -3.90. The van der Waals surface area contributed by atoms with Gasteiger partial charge < -0.3 is 28.6 Å². The van der Waals surface area contributed by atoms with Gasteiger partial charge in [0.05, 0.1) is 50.2 Å². The zero-order valence-electron chi connectivity index (χ0n) is 35.1. The molecule has 13 nitrogen and oxygen atoms in total. The molecule has 4 aromatic rings. The SMILES string of the molecule is COCCCN1CCOc2ccc(CO[C@H]3C[N+](OCCCOS(=O)(=O)c4ccc(C)cc4)(S(=O)(=O)c4ccc(C)cc4)CC[C@H]3c3ccc(COCCOC)cc3)cc21. The maximum absolute atomic E-state index is 14.8. The molecule has 0 bridgehead atoms. The number of hydrogen-bond acceptors (Lipinski definition) is 12. The summed E-state index contributed by atoms with van der Waals surface area (Å²) in [5.41, 5.74) is 5.80. The van der Waals surface area contributed by atoms with Gasteiger partial charge in [0.25, 0.3) is 10.1 Å². The van der Waals surface area contributed by atoms with Crippen molar-refractivity contribution in [3.63, 3.8) is 0 Å². The molecule has 1 saturated heterocycles. The third-order valence-electron chi connectivity index (χ3n) is 10.9. The number of anilines is 1. The number of fused-ring (bicyclic) bond motifs is 1. The summed E-state index contributed by atoms with van der Waals surface area (Å²) >= 11 is 0. The molecule has 0 N–H and O–H groups in total. The highest BCUT2D eigenvalue weighted by atomic mass is 32.2. The van der Waals surface area contributed by atoms with Gasteiger partial charge in [-0.25, -0.2) is 0 Å². The first-order chi connectivity index (χ1) is 28.9. The van der Waals surface area contributed by atoms with E-state index in [1.807, 2.05) is 38.1 Å². The van der Waals surface area contributed by atoms with Gasteiger partial charge in [-0.15, -0.1) is 0 Å². The van der Waals surface area contributed by atoms with Crippen LogP contribution in [0.3, 0.4) is 0 Å². The van der Waals surface area contributed by atoms with Crippen LogP contribution in [0.1, 0.15) is 53.0 Å². The summed E-state index contributed by atoms with van der Waals surface area (Å²) in [5, 5.41) is 0. The van der Waals surface area contributed by atoms with Crippen LogP contribution in [0, 0.1) is 13.8 Å². The van der Waals surface area contributed by atoms with Crippen molar-refractivity contribution in [2.24, 2.45) is 0 Å². The molecule has 0 saturated carbocycles. The first-order valence-corrected chi connectivity index (χ1v) is 23.4. The van der Waals surface area contributed by atoms with E-state index < -0.39 is 30.3 Å². The van der Waals surface area contributed by atoms with E-state index in [1.165, 1.54) is 12.1 Å². The number of ether oxygens (including phenoxy) is 5. The summed E-state index contributed by atoms with van der Waals surface area (Å²) in [6.45, 7) is 8.14. The largest absolute Gasteiger partial charge is 0.490 e. The third kappa shape index (κ3) is 11.5. The summed E-state index contributed by atoms with van der Waals surface area (Å²) in [6.07, 6.45) is 0.854. The van der Waals surface area contributed by atoms with E-state index in [9.17, 15) is 16.8 Å². The van der Waals surface area contributed by atoms with Crippen molar-refractivity contribution >= 4 is 25.8 Å². The molecule has 326 valence electrons. The molecule has 0 aliphatic carbocycles. The number of hydrogen-bond donors (Lipinski definition) is 0. The number of piperidine rings is 1. The third-order valence-corrected chi connectivity index (χ3v) is 14.4. The van der Waals surface area contributed by atoms with Crippen LogP contribution in [0.4, 0.5) is 5.69 Å². The summed E-state index contributed by atoms with van der Waals surface area (Å²) in [7, 11) is -4.83. The quantitative estimate of drug-likeness (QED) is 0.0472. The van der Waals surface area contributed by atoms with Crippen molar-refractivity contribution in [1.29, 1.82) is 0 Å². The van der Waals surface area contributed by atoms with Crippen molar-refractivity contribution in [2.45, 2.75) is 68.1 Å². The average Bonchev–Trinajstić information content (AvgIpc) is 3.25. The highest BCUT2D eigenvalue weighted by molar-refractivity contribution is 7.86. The first kappa shape index (κ1) is 45.6. The minimum absolute atomic E-state index is 0.0114. The number of aryl methyl sites for hydroxylation is 2. The van der Waals surface area contributed by atoms with E-state index >= 15 is 0 Å². The molecule has 6 rings (SSSR count). The number of quaternary nitrogens is 1. The molecule has 0 amide bonds. The van der Waals surface area contributed by atoms with E-state index in [1.54, 1.807) is 50.6 Å². The lowest BCUT2D eigenvalue weighted by molar-refractivity contribution is -1.01. The van der Waals surface area contributed by atoms with Crippen LogP contribution >= 0.6 is 0 Å². The first-order valence-electron chi connectivity index (χ1n) is 20.5. The van der Waals surface area contributed by atoms with Crippen molar-refractivity contribution in [1.82, 2.24) is 0 Å². The number of nitrogens with zero attached hydrogens (tertiary/aromatic N) is 2. The molecule has 0 spiro atoms. The fraction of sp³-hybridized carbons (Fsp3) is 0.467. The maximum atomic E-state index is 14.8. The lowest BCUT2D eigenvalue weighted by Crippen LogP contribution is -2.61. The molecular formula is C45H59N2O11S2+. The van der Waals surface area contributed by atoms with Crippen LogP contribution < -0.4 is 9.64 Å². The molecule has 1 fully saturated rings. The Balaban J connectivity index is 1.26. The van der Waals surface area contributed by atoms with Gasteiger partial charge in [-0.05, 0) is 73.4 Å². The van der Waals surface area contributed by atoms with Gasteiger partial charge in [0.2, 0.25) is 0 Å². The smallest absolute Gasteiger partial charge is 0.357 e. The number of sulfonamides is 1. The Labute approximate surface area is 355 Å². The van der Waals surface area contributed by atoms with E-state index in [0.717, 1.165) is 58.8 Å². The lowest BCUT2D eigenvalue weighted by Gasteiger charge is -2.43. The molecule has 1 unspecified atom stereocenters. The lowest BCUT2D eigenvalue weighted by atomic mass is 9.87. The van der Waals surface area contributed by atoms with E-state index in [-0.39, 0.29) is 55.0 Å². The van der Waals surface area contributed by atoms with E-state index in [0.29, 0.717) is 39.5 Å². The number of benzene rings is 4. The van der Waals surface area contributed by atoms with Gasteiger partial charge in [0.1, 0.15) is 36.5 Å². The Kier molecular flexibility index (Phi) is 16.2. The van der Waals surface area contributed by atoms with Crippen LogP contribution in [0.2, 0.25) is 0 Å². The van der Waals surface area contributed by atoms with Crippen molar-refractivity contribution in [3.05, 3.63) is 119 Å². The molecule has 2 heterocycles. The summed E-state index contributed by atoms with van der Waals surface area (Å²) in [5.74, 6) is 0.652. The second-order valence-electron chi connectivity index (χ2n) is 15.3. The standard InChI is InChI=1S/C45H59N2O11S2/c1-35-7-16-40(17-8-35)59(48,49)47(57-26-6-27-58-60(50,51)41-18-9-36(2)10-19-41)24-21-42(39-14-11-37(12-15-39)33-54-30-29-53-4)45(32-47)56-34-38-13-20-44-43(31-38)46(23-28-55-44)22-5-25-52-3/h7-20,31,42,45H,5-6,21-30,32-34H2,1-4H3/q+1/t42-,45-,47?/m0/s1. The van der Waals surface area contributed by atoms with Gasteiger partial charge in [-0.1, -0.05) is 69.8 Å². The maximum Gasteiger partial charge on any atom is 0.357 e. The predicted octanol–water partition coefficient (Wildman–Crippen LogP) is 6.71. The van der Waals surface area contributed by atoms with Crippen LogP contribution in [-0.2, 0) is 61.3 Å². The van der Waals surface area contributed by atoms with Crippen LogP contribution in [0.15, 0.2) is 101 Å². The topological polar surface area (TPSA) is 136 Å². The Morgan fingerprint density at radius 3 is 2.12 bits per heavy atom. The predicted molar refractivity (Wildman–Crippen MR) is 228 cm³/mol. The fourth-order valence-electron chi connectivity index (χ4n) is 7.54. The monoisotopic (exact) mass is 867 g/mol. The Morgan fingerprint density at radius 2 is 1.42 bits per heavy atom. The van der Waals surface area contributed by atoms with Gasteiger partial charge in [0.15, 0.2) is 6.54 Å².